The Bertz CT molecular complexity index is 319. The van der Waals surface area contributed by atoms with Crippen LogP contribution in [0.15, 0.2) is 18.2 Å². The van der Waals surface area contributed by atoms with Gasteiger partial charge in [0.25, 0.3) is 0 Å². The lowest BCUT2D eigenvalue weighted by atomic mass is 9.96. The van der Waals surface area contributed by atoms with Gasteiger partial charge in [-0.25, -0.2) is 0 Å². The van der Waals surface area contributed by atoms with Crippen molar-refractivity contribution < 1.29 is 9.84 Å². The molecule has 1 aromatic carbocycles. The molecule has 0 heterocycles. The highest BCUT2D eigenvalue weighted by Gasteiger charge is 2.05. The molecule has 0 amide bonds. The molecule has 2 heteroatoms. The number of aryl methyl sites for hydroxylation is 1. The molecule has 0 fully saturated rings. The van der Waals surface area contributed by atoms with Gasteiger partial charge in [-0.15, -0.1) is 0 Å². The van der Waals surface area contributed by atoms with Crippen molar-refractivity contribution in [1.82, 2.24) is 0 Å². The Morgan fingerprint density at radius 1 is 1.25 bits per heavy atom. The minimum Gasteiger partial charge on any atom is -0.491 e. The monoisotopic (exact) mass is 222 g/mol. The van der Waals surface area contributed by atoms with E-state index in [2.05, 4.69) is 32.9 Å². The largest absolute Gasteiger partial charge is 0.491 e. The smallest absolute Gasteiger partial charge is 0.119 e. The van der Waals surface area contributed by atoms with Crippen LogP contribution in [0, 0.1) is 5.92 Å². The summed E-state index contributed by atoms with van der Waals surface area (Å²) >= 11 is 0. The van der Waals surface area contributed by atoms with E-state index in [1.165, 1.54) is 11.1 Å². The van der Waals surface area contributed by atoms with Crippen molar-refractivity contribution in [3.63, 3.8) is 0 Å². The number of aliphatic hydroxyl groups is 1. The Kier molecular flexibility index (Phi) is 5.33. The summed E-state index contributed by atoms with van der Waals surface area (Å²) in [5, 5.41) is 8.70. The lowest BCUT2D eigenvalue weighted by Gasteiger charge is -2.12. The fourth-order valence-electron chi connectivity index (χ4n) is 1.82. The van der Waals surface area contributed by atoms with Crippen LogP contribution in [0.4, 0.5) is 0 Å². The summed E-state index contributed by atoms with van der Waals surface area (Å²) in [6.45, 7) is 7.06. The quantitative estimate of drug-likeness (QED) is 0.802. The molecule has 0 aliphatic carbocycles. The first kappa shape index (κ1) is 13.0. The maximum Gasteiger partial charge on any atom is 0.119 e. The first-order valence-electron chi connectivity index (χ1n) is 6.02. The zero-order valence-electron chi connectivity index (χ0n) is 10.5. The predicted octanol–water partition coefficient (Wildman–Crippen LogP) is 2.82. The van der Waals surface area contributed by atoms with E-state index in [1.807, 2.05) is 6.07 Å². The van der Waals surface area contributed by atoms with Crippen molar-refractivity contribution >= 4 is 0 Å². The fraction of sp³-hybridized carbons (Fsp3) is 0.571. The topological polar surface area (TPSA) is 29.5 Å². The lowest BCUT2D eigenvalue weighted by Crippen LogP contribution is -2.04. The molecule has 0 radical (unpaired) electrons. The van der Waals surface area contributed by atoms with Crippen LogP contribution in [0.2, 0.25) is 0 Å². The van der Waals surface area contributed by atoms with Crippen LogP contribution in [-0.4, -0.2) is 18.3 Å². The molecule has 1 rings (SSSR count). The Morgan fingerprint density at radius 2 is 2.00 bits per heavy atom. The Morgan fingerprint density at radius 3 is 2.56 bits per heavy atom. The molecular formula is C14H22O2. The molecule has 16 heavy (non-hydrogen) atoms. The zero-order valence-corrected chi connectivity index (χ0v) is 10.5. The van der Waals surface area contributed by atoms with Crippen molar-refractivity contribution in [2.75, 3.05) is 13.2 Å². The van der Waals surface area contributed by atoms with Crippen LogP contribution in [0.3, 0.4) is 0 Å². The highest BCUT2D eigenvalue weighted by Crippen LogP contribution is 2.21. The minimum absolute atomic E-state index is 0.0647. The van der Waals surface area contributed by atoms with E-state index in [4.69, 9.17) is 9.84 Å². The molecule has 0 bridgehead atoms. The zero-order chi connectivity index (χ0) is 12.0. The average Bonchev–Trinajstić information content (AvgIpc) is 2.27. The van der Waals surface area contributed by atoms with Gasteiger partial charge >= 0.3 is 0 Å². The lowest BCUT2D eigenvalue weighted by molar-refractivity contribution is 0.201. The van der Waals surface area contributed by atoms with Crippen LogP contribution in [0.5, 0.6) is 5.75 Å². The van der Waals surface area contributed by atoms with Crippen LogP contribution in [0.25, 0.3) is 0 Å². The summed E-state index contributed by atoms with van der Waals surface area (Å²) in [7, 11) is 0. The maximum atomic E-state index is 8.70. The molecule has 0 atom stereocenters. The van der Waals surface area contributed by atoms with E-state index in [-0.39, 0.29) is 6.61 Å². The Hall–Kier alpha value is -1.02. The molecule has 0 aliphatic heterocycles. The molecule has 1 N–H and O–H groups in total. The second kappa shape index (κ2) is 6.54. The third-order valence-corrected chi connectivity index (χ3v) is 2.55. The summed E-state index contributed by atoms with van der Waals surface area (Å²) in [5.41, 5.74) is 2.76. The van der Waals surface area contributed by atoms with Crippen molar-refractivity contribution in [3.05, 3.63) is 29.3 Å². The first-order chi connectivity index (χ1) is 7.67. The van der Waals surface area contributed by atoms with Crippen LogP contribution < -0.4 is 4.74 Å². The van der Waals surface area contributed by atoms with Gasteiger partial charge in [0.15, 0.2) is 0 Å². The summed E-state index contributed by atoms with van der Waals surface area (Å²) in [6, 6.07) is 6.23. The molecule has 2 nitrogen and oxygen atoms in total. The van der Waals surface area contributed by atoms with E-state index < -0.39 is 0 Å². The predicted molar refractivity (Wildman–Crippen MR) is 66.9 cm³/mol. The van der Waals surface area contributed by atoms with E-state index in [1.54, 1.807) is 0 Å². The number of hydrogen-bond acceptors (Lipinski definition) is 2. The van der Waals surface area contributed by atoms with Gasteiger partial charge in [-0.1, -0.05) is 26.8 Å². The number of ether oxygens (including phenoxy) is 1. The van der Waals surface area contributed by atoms with Gasteiger partial charge in [0.1, 0.15) is 12.4 Å². The van der Waals surface area contributed by atoms with Gasteiger partial charge in [0.2, 0.25) is 0 Å². The SMILES string of the molecule is CCc1cc(OCCO)ccc1CC(C)C. The van der Waals surface area contributed by atoms with Crippen molar-refractivity contribution in [2.24, 2.45) is 5.92 Å². The summed E-state index contributed by atoms with van der Waals surface area (Å²) < 4.78 is 5.41. The minimum atomic E-state index is 0.0647. The summed E-state index contributed by atoms with van der Waals surface area (Å²) in [4.78, 5) is 0. The standard InChI is InChI=1S/C14H22O2/c1-4-12-10-14(16-8-7-15)6-5-13(12)9-11(2)3/h5-6,10-11,15H,4,7-9H2,1-3H3. The second-order valence-electron chi connectivity index (χ2n) is 4.45. The summed E-state index contributed by atoms with van der Waals surface area (Å²) in [6.07, 6.45) is 2.14. The molecule has 0 aliphatic rings. The van der Waals surface area contributed by atoms with Crippen LogP contribution in [0.1, 0.15) is 31.9 Å². The average molecular weight is 222 g/mol. The normalized spacial score (nSPS) is 10.8. The molecule has 90 valence electrons. The molecule has 0 unspecified atom stereocenters. The number of hydrogen-bond donors (Lipinski definition) is 1. The highest BCUT2D eigenvalue weighted by atomic mass is 16.5. The van der Waals surface area contributed by atoms with Crippen LogP contribution >= 0.6 is 0 Å². The van der Waals surface area contributed by atoms with Gasteiger partial charge < -0.3 is 9.84 Å². The van der Waals surface area contributed by atoms with Crippen LogP contribution in [-0.2, 0) is 12.8 Å². The fourth-order valence-corrected chi connectivity index (χ4v) is 1.82. The van der Waals surface area contributed by atoms with Gasteiger partial charge in [-0.05, 0) is 42.0 Å². The third kappa shape index (κ3) is 3.86. The number of rotatable bonds is 6. The van der Waals surface area contributed by atoms with Gasteiger partial charge in [0, 0.05) is 0 Å². The van der Waals surface area contributed by atoms with Gasteiger partial charge in [0.05, 0.1) is 6.61 Å². The van der Waals surface area contributed by atoms with E-state index in [0.717, 1.165) is 18.6 Å². The summed E-state index contributed by atoms with van der Waals surface area (Å²) in [5.74, 6) is 1.54. The number of benzene rings is 1. The van der Waals surface area contributed by atoms with E-state index in [9.17, 15) is 0 Å². The van der Waals surface area contributed by atoms with Crippen molar-refractivity contribution in [2.45, 2.75) is 33.6 Å². The van der Waals surface area contributed by atoms with Gasteiger partial charge in [-0.2, -0.15) is 0 Å². The molecule has 0 saturated carbocycles. The third-order valence-electron chi connectivity index (χ3n) is 2.55. The molecule has 1 aromatic rings. The molecule has 0 saturated heterocycles. The molecule has 0 aromatic heterocycles. The number of aliphatic hydroxyl groups excluding tert-OH is 1. The first-order valence-corrected chi connectivity index (χ1v) is 6.02. The molecular weight excluding hydrogens is 200 g/mol. The van der Waals surface area contributed by atoms with E-state index in [0.29, 0.717) is 12.5 Å². The highest BCUT2D eigenvalue weighted by molar-refractivity contribution is 5.36. The van der Waals surface area contributed by atoms with Gasteiger partial charge in [-0.3, -0.25) is 0 Å². The van der Waals surface area contributed by atoms with Crippen molar-refractivity contribution in [1.29, 1.82) is 0 Å². The van der Waals surface area contributed by atoms with E-state index >= 15 is 0 Å². The maximum absolute atomic E-state index is 8.70. The molecule has 0 spiro atoms. The Balaban J connectivity index is 2.79. The van der Waals surface area contributed by atoms with Crippen molar-refractivity contribution in [3.8, 4) is 5.75 Å². The second-order valence-corrected chi connectivity index (χ2v) is 4.45. The Labute approximate surface area is 98.3 Å².